The molecular formula is C14H24N4. The van der Waals surface area contributed by atoms with Gasteiger partial charge in [0, 0.05) is 31.5 Å². The van der Waals surface area contributed by atoms with Crippen LogP contribution >= 0.6 is 0 Å². The molecule has 0 N–H and O–H groups in total. The fourth-order valence-electron chi connectivity index (χ4n) is 2.44. The fraction of sp³-hybridized carbons (Fsp3) is 0.643. The average Bonchev–Trinajstić information content (AvgIpc) is 2.39. The van der Waals surface area contributed by atoms with Crippen LogP contribution in [-0.4, -0.2) is 41.1 Å². The lowest BCUT2D eigenvalue weighted by molar-refractivity contribution is 0.0197. The maximum atomic E-state index is 9.10. The summed E-state index contributed by atoms with van der Waals surface area (Å²) in [4.78, 5) is 2.31. The highest BCUT2D eigenvalue weighted by molar-refractivity contribution is 5.01. The summed E-state index contributed by atoms with van der Waals surface area (Å²) in [6.07, 6.45) is 6.37. The van der Waals surface area contributed by atoms with Crippen molar-refractivity contribution in [2.45, 2.75) is 39.7 Å². The van der Waals surface area contributed by atoms with Gasteiger partial charge in [0.15, 0.2) is 6.19 Å². The normalized spacial score (nSPS) is 17.3. The number of hydrogen-bond donors (Lipinski definition) is 0. The lowest BCUT2D eigenvalue weighted by atomic mass is 10.0. The van der Waals surface area contributed by atoms with Crippen LogP contribution in [0, 0.1) is 11.5 Å². The Balaban J connectivity index is 2.73. The van der Waals surface area contributed by atoms with Crippen LogP contribution in [0.2, 0.25) is 0 Å². The van der Waals surface area contributed by atoms with E-state index in [1.54, 1.807) is 5.01 Å². The second-order valence-corrected chi connectivity index (χ2v) is 4.85. The van der Waals surface area contributed by atoms with Gasteiger partial charge in [-0.25, -0.2) is 5.01 Å². The Bertz CT molecular complexity index is 358. The molecule has 0 aromatic carbocycles. The zero-order valence-corrected chi connectivity index (χ0v) is 12.0. The summed E-state index contributed by atoms with van der Waals surface area (Å²) in [6, 6.07) is 0.404. The van der Waals surface area contributed by atoms with Gasteiger partial charge < -0.3 is 4.90 Å². The maximum Gasteiger partial charge on any atom is 0.199 e. The molecule has 1 rings (SSSR count). The van der Waals surface area contributed by atoms with Crippen molar-refractivity contribution in [3.63, 3.8) is 0 Å². The Labute approximate surface area is 111 Å². The van der Waals surface area contributed by atoms with Crippen LogP contribution in [0.25, 0.3) is 0 Å². The summed E-state index contributed by atoms with van der Waals surface area (Å²) in [6.45, 7) is 12.1. The van der Waals surface area contributed by atoms with E-state index in [0.717, 1.165) is 37.3 Å². The maximum absolute atomic E-state index is 9.10. The highest BCUT2D eigenvalue weighted by Gasteiger charge is 2.26. The van der Waals surface area contributed by atoms with E-state index < -0.39 is 0 Å². The molecule has 0 amide bonds. The summed E-state index contributed by atoms with van der Waals surface area (Å²) in [5.41, 5.74) is 2.27. The largest absolute Gasteiger partial charge is 0.375 e. The Morgan fingerprint density at radius 3 is 2.33 bits per heavy atom. The molecule has 0 aromatic heterocycles. The lowest BCUT2D eigenvalue weighted by Crippen LogP contribution is -2.48. The number of piperidine rings is 1. The van der Waals surface area contributed by atoms with E-state index in [9.17, 15) is 0 Å². The molecule has 0 aromatic rings. The van der Waals surface area contributed by atoms with Crippen molar-refractivity contribution in [1.82, 2.24) is 14.9 Å². The lowest BCUT2D eigenvalue weighted by Gasteiger charge is -2.42. The molecular weight excluding hydrogens is 224 g/mol. The van der Waals surface area contributed by atoms with Crippen molar-refractivity contribution < 1.29 is 0 Å². The molecule has 1 heterocycles. The van der Waals surface area contributed by atoms with E-state index in [1.165, 1.54) is 0 Å². The van der Waals surface area contributed by atoms with Crippen molar-refractivity contribution in [1.29, 1.82) is 5.26 Å². The Hall–Kier alpha value is -1.63. The third kappa shape index (κ3) is 3.19. The van der Waals surface area contributed by atoms with Gasteiger partial charge in [-0.2, -0.15) is 5.26 Å². The third-order valence-corrected chi connectivity index (χ3v) is 3.60. The summed E-state index contributed by atoms with van der Waals surface area (Å²) in [5, 5.41) is 12.8. The highest BCUT2D eigenvalue weighted by atomic mass is 15.6. The number of nitriles is 1. The Kier molecular flexibility index (Phi) is 5.08. The van der Waals surface area contributed by atoms with Crippen LogP contribution in [-0.2, 0) is 0 Å². The SMILES string of the molecule is C=C(C)N1CCC(N(/C(C)=C\C)N(C)C#N)CC1. The number of likely N-dealkylation sites (tertiary alicyclic amines) is 1. The summed E-state index contributed by atoms with van der Waals surface area (Å²) >= 11 is 0. The summed E-state index contributed by atoms with van der Waals surface area (Å²) in [7, 11) is 1.82. The van der Waals surface area contributed by atoms with Crippen molar-refractivity contribution >= 4 is 0 Å². The minimum atomic E-state index is 0.404. The standard InChI is InChI=1S/C14H24N4/c1-6-13(4)18(16(5)11-15)14-7-9-17(10-8-14)12(2)3/h6,14H,2,7-10H2,1,3-5H3/b13-6-. The Morgan fingerprint density at radius 2 is 1.94 bits per heavy atom. The minimum absolute atomic E-state index is 0.404. The van der Waals surface area contributed by atoms with E-state index >= 15 is 0 Å². The van der Waals surface area contributed by atoms with E-state index in [0.29, 0.717) is 6.04 Å². The molecule has 100 valence electrons. The molecule has 0 aliphatic carbocycles. The van der Waals surface area contributed by atoms with Crippen LogP contribution in [0.3, 0.4) is 0 Å². The van der Waals surface area contributed by atoms with Gasteiger partial charge >= 0.3 is 0 Å². The molecule has 1 fully saturated rings. The average molecular weight is 248 g/mol. The molecule has 0 atom stereocenters. The first-order valence-electron chi connectivity index (χ1n) is 6.47. The van der Waals surface area contributed by atoms with Gasteiger partial charge in [-0.1, -0.05) is 12.7 Å². The first-order valence-corrected chi connectivity index (χ1v) is 6.47. The second kappa shape index (κ2) is 6.34. The van der Waals surface area contributed by atoms with E-state index in [1.807, 2.05) is 14.0 Å². The summed E-state index contributed by atoms with van der Waals surface area (Å²) in [5.74, 6) is 0. The first-order chi connectivity index (χ1) is 8.51. The van der Waals surface area contributed by atoms with Crippen LogP contribution in [0.5, 0.6) is 0 Å². The van der Waals surface area contributed by atoms with Crippen molar-refractivity contribution in [2.24, 2.45) is 0 Å². The van der Waals surface area contributed by atoms with Gasteiger partial charge in [0.05, 0.1) is 6.04 Å². The Morgan fingerprint density at radius 1 is 1.39 bits per heavy atom. The van der Waals surface area contributed by atoms with E-state index in [2.05, 4.69) is 42.6 Å². The minimum Gasteiger partial charge on any atom is -0.375 e. The molecule has 0 bridgehead atoms. The van der Waals surface area contributed by atoms with Crippen LogP contribution in [0.1, 0.15) is 33.6 Å². The molecule has 4 heteroatoms. The van der Waals surface area contributed by atoms with Crippen LogP contribution < -0.4 is 0 Å². The van der Waals surface area contributed by atoms with E-state index in [4.69, 9.17) is 5.26 Å². The van der Waals surface area contributed by atoms with Gasteiger partial charge in [0.1, 0.15) is 0 Å². The predicted molar refractivity (Wildman–Crippen MR) is 74.1 cm³/mol. The number of rotatable bonds is 4. The second-order valence-electron chi connectivity index (χ2n) is 4.85. The molecule has 4 nitrogen and oxygen atoms in total. The molecule has 0 saturated carbocycles. The zero-order chi connectivity index (χ0) is 13.7. The monoisotopic (exact) mass is 248 g/mol. The van der Waals surface area contributed by atoms with Crippen LogP contribution in [0.15, 0.2) is 24.0 Å². The molecule has 18 heavy (non-hydrogen) atoms. The van der Waals surface area contributed by atoms with Gasteiger partial charge in [-0.15, -0.1) is 0 Å². The van der Waals surface area contributed by atoms with Gasteiger partial charge in [-0.3, -0.25) is 5.01 Å². The topological polar surface area (TPSA) is 33.5 Å². The third-order valence-electron chi connectivity index (χ3n) is 3.60. The molecule has 1 aliphatic rings. The van der Waals surface area contributed by atoms with Crippen LogP contribution in [0.4, 0.5) is 0 Å². The zero-order valence-electron chi connectivity index (χ0n) is 12.0. The van der Waals surface area contributed by atoms with Crippen molar-refractivity contribution in [2.75, 3.05) is 20.1 Å². The molecule has 0 unspecified atom stereocenters. The molecule has 0 radical (unpaired) electrons. The first kappa shape index (κ1) is 14.4. The quantitative estimate of drug-likeness (QED) is 0.435. The van der Waals surface area contributed by atoms with Gasteiger partial charge in [-0.05, 0) is 33.6 Å². The number of hydrogen-bond acceptors (Lipinski definition) is 4. The highest BCUT2D eigenvalue weighted by Crippen LogP contribution is 2.23. The number of nitrogens with zero attached hydrogens (tertiary/aromatic N) is 4. The predicted octanol–water partition coefficient (Wildman–Crippen LogP) is 2.54. The molecule has 0 spiro atoms. The smallest absolute Gasteiger partial charge is 0.199 e. The van der Waals surface area contributed by atoms with Crippen molar-refractivity contribution in [3.05, 3.63) is 24.0 Å². The molecule has 1 aliphatic heterocycles. The van der Waals surface area contributed by atoms with Gasteiger partial charge in [0.25, 0.3) is 0 Å². The number of hydrazine groups is 1. The summed E-state index contributed by atoms with van der Waals surface area (Å²) < 4.78 is 0. The van der Waals surface area contributed by atoms with E-state index in [-0.39, 0.29) is 0 Å². The molecule has 1 saturated heterocycles. The van der Waals surface area contributed by atoms with Gasteiger partial charge in [0.2, 0.25) is 0 Å². The van der Waals surface area contributed by atoms with Crippen molar-refractivity contribution in [3.8, 4) is 6.19 Å². The number of allylic oxidation sites excluding steroid dienone is 3. The fourth-order valence-corrected chi connectivity index (χ4v) is 2.44.